The highest BCUT2D eigenvalue weighted by atomic mass is 31.2. The Bertz CT molecular complexity index is 949. The van der Waals surface area contributed by atoms with Crippen LogP contribution >= 0.6 is 7.60 Å². The van der Waals surface area contributed by atoms with Crippen LogP contribution in [0.25, 0.3) is 0 Å². The Morgan fingerprint density at radius 3 is 1.93 bits per heavy atom. The van der Waals surface area contributed by atoms with E-state index in [0.717, 1.165) is 31.4 Å². The van der Waals surface area contributed by atoms with Gasteiger partial charge in [-0.05, 0) is 19.8 Å². The zero-order valence-corrected chi connectivity index (χ0v) is 28.4. The average Bonchev–Trinajstić information content (AvgIpc) is 3.42. The van der Waals surface area contributed by atoms with E-state index >= 15 is 0 Å². The maximum atomic E-state index is 13.1. The van der Waals surface area contributed by atoms with Crippen LogP contribution in [0, 0.1) is 0 Å². The van der Waals surface area contributed by atoms with E-state index in [-0.39, 0.29) is 30.8 Å². The zero-order chi connectivity index (χ0) is 31.7. The standard InChI is InChI=1S/C33H63N4O6P/c1-2-42-44(41,27-30(39)26-34-24-29-25-35-32-31(29)36-28-37-33(32)40)43-23-21-19-17-15-13-11-9-7-5-3-4-6-8-10-12-14-16-18-20-22-38/h28-30,34-35,38-39H,2-27H2,1H3,(H,36,37,40)/t29?,30-,44?/m1/s1. The molecule has 0 aliphatic carbocycles. The van der Waals surface area contributed by atoms with Gasteiger partial charge in [-0.2, -0.15) is 0 Å². The van der Waals surface area contributed by atoms with Gasteiger partial charge in [-0.15, -0.1) is 0 Å². The van der Waals surface area contributed by atoms with Gasteiger partial charge >= 0.3 is 7.60 Å². The lowest BCUT2D eigenvalue weighted by Crippen LogP contribution is -2.33. The van der Waals surface area contributed by atoms with Crippen LogP contribution in [0.5, 0.6) is 0 Å². The topological polar surface area (TPSA) is 146 Å². The number of aliphatic hydroxyl groups excluding tert-OH is 2. The minimum absolute atomic E-state index is 0.0314. The van der Waals surface area contributed by atoms with Gasteiger partial charge in [-0.1, -0.05) is 109 Å². The normalized spacial score (nSPS) is 16.5. The third kappa shape index (κ3) is 17.4. The summed E-state index contributed by atoms with van der Waals surface area (Å²) in [6.45, 7) is 4.18. The van der Waals surface area contributed by atoms with E-state index in [4.69, 9.17) is 14.2 Å². The summed E-state index contributed by atoms with van der Waals surface area (Å²) >= 11 is 0. The summed E-state index contributed by atoms with van der Waals surface area (Å²) < 4.78 is 24.3. The molecule has 0 radical (unpaired) electrons. The number of aromatic amines is 1. The number of aromatic nitrogens is 2. The number of unbranched alkanes of at least 4 members (excludes halogenated alkanes) is 18. The molecule has 11 heteroatoms. The van der Waals surface area contributed by atoms with Crippen molar-refractivity contribution in [1.82, 2.24) is 15.3 Å². The van der Waals surface area contributed by atoms with Crippen molar-refractivity contribution in [2.24, 2.45) is 0 Å². The molecular formula is C33H63N4O6P. The molecule has 1 aliphatic heterocycles. The predicted molar refractivity (Wildman–Crippen MR) is 180 cm³/mol. The minimum Gasteiger partial charge on any atom is -0.396 e. The SMILES string of the molecule is CCOP(=O)(C[C@H](O)CNCC1CNc2c1nc[nH]c2=O)OCCCCCCCCCCCCCCCCCCCCCO. The van der Waals surface area contributed by atoms with Gasteiger partial charge in [-0.25, -0.2) is 4.98 Å². The molecule has 2 heterocycles. The van der Waals surface area contributed by atoms with Gasteiger partial charge in [0.25, 0.3) is 5.56 Å². The highest BCUT2D eigenvalue weighted by Crippen LogP contribution is 2.48. The molecule has 256 valence electrons. The minimum atomic E-state index is -3.36. The molecule has 3 atom stereocenters. The molecule has 5 N–H and O–H groups in total. The number of H-pyrrole nitrogens is 1. The van der Waals surface area contributed by atoms with Crippen molar-refractivity contribution in [2.45, 2.75) is 141 Å². The molecular weight excluding hydrogens is 579 g/mol. The average molecular weight is 643 g/mol. The molecule has 1 aromatic rings. The largest absolute Gasteiger partial charge is 0.396 e. The Hall–Kier alpha value is -1.29. The van der Waals surface area contributed by atoms with E-state index in [1.807, 2.05) is 0 Å². The van der Waals surface area contributed by atoms with Gasteiger partial charge in [0, 0.05) is 32.2 Å². The van der Waals surface area contributed by atoms with Gasteiger partial charge in [0.2, 0.25) is 0 Å². The highest BCUT2D eigenvalue weighted by Gasteiger charge is 2.29. The molecule has 0 amide bonds. The molecule has 0 bridgehead atoms. The van der Waals surface area contributed by atoms with E-state index in [0.29, 0.717) is 32.0 Å². The van der Waals surface area contributed by atoms with Gasteiger partial charge in [0.1, 0.15) is 5.69 Å². The number of rotatable bonds is 30. The first-order valence-electron chi connectivity index (χ1n) is 17.7. The fourth-order valence-electron chi connectivity index (χ4n) is 5.89. The van der Waals surface area contributed by atoms with Crippen LogP contribution in [0.15, 0.2) is 11.1 Å². The van der Waals surface area contributed by atoms with E-state index in [2.05, 4.69) is 20.6 Å². The molecule has 1 aromatic heterocycles. The zero-order valence-electron chi connectivity index (χ0n) is 27.5. The lowest BCUT2D eigenvalue weighted by Gasteiger charge is -2.21. The molecule has 0 spiro atoms. The summed E-state index contributed by atoms with van der Waals surface area (Å²) in [6, 6.07) is 0. The first-order valence-corrected chi connectivity index (χ1v) is 19.4. The quantitative estimate of drug-likeness (QED) is 0.0448. The number of nitrogens with zero attached hydrogens (tertiary/aromatic N) is 1. The highest BCUT2D eigenvalue weighted by molar-refractivity contribution is 7.53. The molecule has 0 aromatic carbocycles. The Labute approximate surface area is 266 Å². The van der Waals surface area contributed by atoms with E-state index in [1.54, 1.807) is 6.92 Å². The van der Waals surface area contributed by atoms with Crippen molar-refractivity contribution in [2.75, 3.05) is 50.9 Å². The first-order chi connectivity index (χ1) is 21.5. The lowest BCUT2D eigenvalue weighted by atomic mass is 10.0. The molecule has 0 saturated heterocycles. The van der Waals surface area contributed by atoms with Crippen molar-refractivity contribution < 1.29 is 23.8 Å². The number of fused-ring (bicyclic) bond motifs is 1. The summed E-state index contributed by atoms with van der Waals surface area (Å²) in [5.74, 6) is 0.0314. The number of nitrogens with one attached hydrogen (secondary N) is 3. The monoisotopic (exact) mass is 642 g/mol. The van der Waals surface area contributed by atoms with E-state index in [9.17, 15) is 14.5 Å². The van der Waals surface area contributed by atoms with Crippen LogP contribution in [0.2, 0.25) is 0 Å². The summed E-state index contributed by atoms with van der Waals surface area (Å²) in [4.78, 5) is 18.7. The fourth-order valence-corrected chi connectivity index (χ4v) is 7.62. The van der Waals surface area contributed by atoms with E-state index < -0.39 is 13.7 Å². The number of hydrogen-bond donors (Lipinski definition) is 5. The molecule has 2 unspecified atom stereocenters. The third-order valence-electron chi connectivity index (χ3n) is 8.42. The Kier molecular flexibility index (Phi) is 22.0. The Morgan fingerprint density at radius 2 is 1.41 bits per heavy atom. The predicted octanol–water partition coefficient (Wildman–Crippen LogP) is 6.88. The molecule has 1 aliphatic rings. The summed E-state index contributed by atoms with van der Waals surface area (Å²) in [5, 5.41) is 25.6. The van der Waals surface area contributed by atoms with Crippen molar-refractivity contribution in [3.63, 3.8) is 0 Å². The first kappa shape index (κ1) is 38.9. The second kappa shape index (κ2) is 24.9. The van der Waals surface area contributed by atoms with E-state index in [1.165, 1.54) is 103 Å². The summed E-state index contributed by atoms with van der Waals surface area (Å²) in [7, 11) is -3.36. The van der Waals surface area contributed by atoms with Gasteiger partial charge in [-0.3, -0.25) is 9.36 Å². The van der Waals surface area contributed by atoms with Crippen LogP contribution in [-0.4, -0.2) is 71.9 Å². The Morgan fingerprint density at radius 1 is 0.886 bits per heavy atom. The van der Waals surface area contributed by atoms with Crippen molar-refractivity contribution in [1.29, 1.82) is 0 Å². The lowest BCUT2D eigenvalue weighted by molar-refractivity contribution is 0.162. The van der Waals surface area contributed by atoms with Crippen LogP contribution in [-0.2, 0) is 13.6 Å². The second-order valence-corrected chi connectivity index (χ2v) is 14.5. The number of anilines is 1. The maximum absolute atomic E-state index is 13.1. The number of aliphatic hydroxyl groups is 2. The fraction of sp³-hybridized carbons (Fsp3) is 0.879. The summed E-state index contributed by atoms with van der Waals surface area (Å²) in [5.41, 5.74) is 1.06. The van der Waals surface area contributed by atoms with Crippen LogP contribution < -0.4 is 16.2 Å². The second-order valence-electron chi connectivity index (χ2n) is 12.4. The number of hydrogen-bond acceptors (Lipinski definition) is 9. The molecule has 2 rings (SSSR count). The van der Waals surface area contributed by atoms with Gasteiger partial charge < -0.3 is 34.9 Å². The molecule has 0 saturated carbocycles. The molecule has 44 heavy (non-hydrogen) atoms. The van der Waals surface area contributed by atoms with Crippen LogP contribution in [0.1, 0.15) is 141 Å². The maximum Gasteiger partial charge on any atom is 0.333 e. The molecule has 10 nitrogen and oxygen atoms in total. The van der Waals surface area contributed by atoms with Gasteiger partial charge in [0.05, 0.1) is 37.5 Å². The molecule has 0 fully saturated rings. The van der Waals surface area contributed by atoms with Crippen LogP contribution in [0.3, 0.4) is 0 Å². The van der Waals surface area contributed by atoms with Crippen molar-refractivity contribution >= 4 is 13.3 Å². The smallest absolute Gasteiger partial charge is 0.333 e. The third-order valence-corrected chi connectivity index (χ3v) is 10.5. The van der Waals surface area contributed by atoms with Crippen LogP contribution in [0.4, 0.5) is 5.69 Å². The Balaban J connectivity index is 1.40. The van der Waals surface area contributed by atoms with Gasteiger partial charge in [0.15, 0.2) is 0 Å². The summed E-state index contributed by atoms with van der Waals surface area (Å²) in [6.07, 6.45) is 24.5. The van der Waals surface area contributed by atoms with Crippen molar-refractivity contribution in [3.8, 4) is 0 Å². The van der Waals surface area contributed by atoms with Crippen molar-refractivity contribution in [3.05, 3.63) is 22.4 Å².